The zero-order chi connectivity index (χ0) is 7.82. The molecule has 1 heteroatoms. The Morgan fingerprint density at radius 3 is 2.30 bits per heavy atom. The van der Waals surface area contributed by atoms with Crippen molar-refractivity contribution in [3.63, 3.8) is 0 Å². The van der Waals surface area contributed by atoms with E-state index < -0.39 is 0 Å². The van der Waals surface area contributed by atoms with Gasteiger partial charge in [-0.3, -0.25) is 0 Å². The van der Waals surface area contributed by atoms with Crippen LogP contribution in [0.4, 0.5) is 0 Å². The van der Waals surface area contributed by atoms with Crippen molar-refractivity contribution in [3.8, 4) is 0 Å². The molecule has 0 N–H and O–H groups in total. The van der Waals surface area contributed by atoms with Crippen LogP contribution in [0.1, 0.15) is 39.5 Å². The van der Waals surface area contributed by atoms with Crippen LogP contribution in [0.5, 0.6) is 0 Å². The fourth-order valence-corrected chi connectivity index (χ4v) is 2.44. The van der Waals surface area contributed by atoms with Crippen LogP contribution in [0.3, 0.4) is 0 Å². The molecule has 0 saturated heterocycles. The Bertz CT molecular complexity index is 61.7. The number of hydrogen-bond acceptors (Lipinski definition) is 0. The minimum absolute atomic E-state index is 0.345. The van der Waals surface area contributed by atoms with Crippen LogP contribution in [0.25, 0.3) is 0 Å². The van der Waals surface area contributed by atoms with E-state index in [2.05, 4.69) is 20.4 Å². The number of rotatable bonds is 6. The third-order valence-electron chi connectivity index (χ3n) is 2.24. The third kappa shape index (κ3) is 5.04. The van der Waals surface area contributed by atoms with E-state index in [1.165, 1.54) is 25.7 Å². The average Bonchev–Trinajstić information content (AvgIpc) is 1.98. The summed E-state index contributed by atoms with van der Waals surface area (Å²) in [6.45, 7) is 7.04. The molecular weight excluding hydrogens is 136 g/mol. The van der Waals surface area contributed by atoms with Crippen molar-refractivity contribution in [1.82, 2.24) is 0 Å². The molecule has 0 amide bonds. The molecule has 0 saturated carbocycles. The second-order valence-corrected chi connectivity index (χ2v) is 4.91. The zero-order valence-corrected chi connectivity index (χ0v) is 9.23. The van der Waals surface area contributed by atoms with E-state index >= 15 is 0 Å². The van der Waals surface area contributed by atoms with Gasteiger partial charge >= 0.3 is 0 Å². The van der Waals surface area contributed by atoms with Crippen molar-refractivity contribution in [3.05, 3.63) is 0 Å². The van der Waals surface area contributed by atoms with Gasteiger partial charge in [-0.25, -0.2) is 0 Å². The van der Waals surface area contributed by atoms with Crippen LogP contribution in [0.15, 0.2) is 0 Å². The predicted molar refractivity (Wildman–Crippen MR) is 52.5 cm³/mol. The molecule has 0 aliphatic heterocycles. The highest BCUT2D eigenvalue weighted by atomic mass is 28.2. The largest absolute Gasteiger partial charge is 0.0748 e. The smallest absolute Gasteiger partial charge is 0.0166 e. The molecular formula is C9H22Si. The summed E-state index contributed by atoms with van der Waals surface area (Å²) < 4.78 is 0. The Labute approximate surface area is 68.2 Å². The van der Waals surface area contributed by atoms with Gasteiger partial charge in [0.15, 0.2) is 0 Å². The molecule has 0 bridgehead atoms. The summed E-state index contributed by atoms with van der Waals surface area (Å²) in [5, 5.41) is 0. The summed E-state index contributed by atoms with van der Waals surface area (Å²) in [6, 6.07) is 1.57. The Kier molecular flexibility index (Phi) is 7.48. The van der Waals surface area contributed by atoms with Crippen LogP contribution < -0.4 is 0 Å². The predicted octanol–water partition coefficient (Wildman–Crippen LogP) is 2.84. The van der Waals surface area contributed by atoms with E-state index in [0.717, 1.165) is 5.92 Å². The lowest BCUT2D eigenvalue weighted by molar-refractivity contribution is 0.450. The van der Waals surface area contributed by atoms with Crippen molar-refractivity contribution in [1.29, 1.82) is 0 Å². The maximum atomic E-state index is 2.42. The van der Waals surface area contributed by atoms with Gasteiger partial charge in [-0.1, -0.05) is 52.1 Å². The fourth-order valence-electron chi connectivity index (χ4n) is 1.45. The van der Waals surface area contributed by atoms with Gasteiger partial charge in [-0.15, -0.1) is 0 Å². The molecule has 0 heterocycles. The van der Waals surface area contributed by atoms with E-state index in [-0.39, 0.29) is 0 Å². The molecule has 10 heavy (non-hydrogen) atoms. The first-order valence-electron chi connectivity index (χ1n) is 4.85. The summed E-state index contributed by atoms with van der Waals surface area (Å²) >= 11 is 0. The fraction of sp³-hybridized carbons (Fsp3) is 1.00. The molecule has 0 rings (SSSR count). The van der Waals surface area contributed by atoms with E-state index in [9.17, 15) is 0 Å². The summed E-state index contributed by atoms with van der Waals surface area (Å²) in [7, 11) is 0.345. The monoisotopic (exact) mass is 158 g/mol. The molecule has 0 radical (unpaired) electrons. The van der Waals surface area contributed by atoms with Crippen LogP contribution in [0, 0.1) is 5.92 Å². The van der Waals surface area contributed by atoms with Gasteiger partial charge in [0.1, 0.15) is 0 Å². The van der Waals surface area contributed by atoms with Crippen molar-refractivity contribution < 1.29 is 0 Å². The lowest BCUT2D eigenvalue weighted by Crippen LogP contribution is -1.98. The second kappa shape index (κ2) is 7.33. The van der Waals surface area contributed by atoms with E-state index in [1.54, 1.807) is 6.04 Å². The molecule has 0 nitrogen and oxygen atoms in total. The first kappa shape index (κ1) is 10.2. The zero-order valence-electron chi connectivity index (χ0n) is 7.82. The van der Waals surface area contributed by atoms with Gasteiger partial charge in [-0.05, 0) is 5.92 Å². The Morgan fingerprint density at radius 2 is 1.90 bits per heavy atom. The van der Waals surface area contributed by atoms with Crippen LogP contribution in [-0.4, -0.2) is 9.52 Å². The highest BCUT2D eigenvalue weighted by Crippen LogP contribution is 2.16. The molecule has 62 valence electrons. The van der Waals surface area contributed by atoms with Gasteiger partial charge in [0.05, 0.1) is 0 Å². The van der Waals surface area contributed by atoms with Gasteiger partial charge in [0, 0.05) is 9.52 Å². The molecule has 0 spiro atoms. The number of hydrogen-bond donors (Lipinski definition) is 0. The van der Waals surface area contributed by atoms with Crippen LogP contribution in [0.2, 0.25) is 12.6 Å². The molecule has 1 atom stereocenters. The normalized spacial score (nSPS) is 14.7. The van der Waals surface area contributed by atoms with Crippen molar-refractivity contribution in [2.45, 2.75) is 52.1 Å². The highest BCUT2D eigenvalue weighted by molar-refractivity contribution is 6.33. The van der Waals surface area contributed by atoms with Crippen molar-refractivity contribution in [2.75, 3.05) is 0 Å². The molecule has 0 fully saturated rings. The minimum atomic E-state index is 0.345. The van der Waals surface area contributed by atoms with E-state index in [4.69, 9.17) is 0 Å². The topological polar surface area (TPSA) is 0 Å². The first-order chi connectivity index (χ1) is 4.85. The molecule has 0 aromatic carbocycles. The van der Waals surface area contributed by atoms with Crippen LogP contribution >= 0.6 is 0 Å². The van der Waals surface area contributed by atoms with Gasteiger partial charge in [0.25, 0.3) is 0 Å². The van der Waals surface area contributed by atoms with Gasteiger partial charge in [0.2, 0.25) is 0 Å². The Hall–Kier alpha value is 0.217. The average molecular weight is 158 g/mol. The Morgan fingerprint density at radius 1 is 1.20 bits per heavy atom. The SMILES string of the molecule is CCCC(CC)CC[SiH2]C. The minimum Gasteiger partial charge on any atom is -0.0748 e. The maximum absolute atomic E-state index is 2.42. The van der Waals surface area contributed by atoms with Gasteiger partial charge < -0.3 is 0 Å². The van der Waals surface area contributed by atoms with Crippen molar-refractivity contribution >= 4 is 9.52 Å². The quantitative estimate of drug-likeness (QED) is 0.521. The van der Waals surface area contributed by atoms with Crippen LogP contribution in [-0.2, 0) is 0 Å². The van der Waals surface area contributed by atoms with Crippen molar-refractivity contribution in [2.24, 2.45) is 5.92 Å². The molecule has 0 aliphatic carbocycles. The maximum Gasteiger partial charge on any atom is 0.0166 e. The molecule has 0 aliphatic rings. The lowest BCUT2D eigenvalue weighted by Gasteiger charge is -2.11. The van der Waals surface area contributed by atoms with Gasteiger partial charge in [-0.2, -0.15) is 0 Å². The first-order valence-corrected chi connectivity index (χ1v) is 7.26. The van der Waals surface area contributed by atoms with E-state index in [1.807, 2.05) is 0 Å². The molecule has 0 aromatic rings. The summed E-state index contributed by atoms with van der Waals surface area (Å²) in [5.74, 6) is 1.05. The molecule has 1 unspecified atom stereocenters. The molecule has 0 aromatic heterocycles. The summed E-state index contributed by atoms with van der Waals surface area (Å²) in [4.78, 5) is 0. The summed E-state index contributed by atoms with van der Waals surface area (Å²) in [5.41, 5.74) is 0. The summed E-state index contributed by atoms with van der Waals surface area (Å²) in [6.07, 6.45) is 5.77. The highest BCUT2D eigenvalue weighted by Gasteiger charge is 2.02. The Balaban J connectivity index is 3.21. The standard InChI is InChI=1S/C9H22Si/c1-4-6-9(5-2)7-8-10-3/h9H,4-8,10H2,1-3H3. The second-order valence-electron chi connectivity index (χ2n) is 3.21. The lowest BCUT2D eigenvalue weighted by atomic mass is 9.98. The van der Waals surface area contributed by atoms with E-state index in [0.29, 0.717) is 9.52 Å². The third-order valence-corrected chi connectivity index (χ3v) is 3.36.